The zero-order chi connectivity index (χ0) is 19.3. The Morgan fingerprint density at radius 2 is 1.70 bits per heavy atom. The minimum atomic E-state index is -0.644. The van der Waals surface area contributed by atoms with Crippen LogP contribution in [-0.4, -0.2) is 10.4 Å². The lowest BCUT2D eigenvalue weighted by atomic mass is 9.76. The Morgan fingerprint density at radius 1 is 1.00 bits per heavy atom. The first-order valence-corrected chi connectivity index (χ1v) is 9.53. The molecule has 4 rings (SSSR count). The quantitative estimate of drug-likeness (QED) is 0.465. The van der Waals surface area contributed by atoms with Gasteiger partial charge < -0.3 is 4.57 Å². The maximum Gasteiger partial charge on any atom is 0.165 e. The Kier molecular flexibility index (Phi) is 4.30. The molecule has 1 aromatic heterocycles. The molecule has 0 spiro atoms. The molecule has 0 radical (unpaired) electrons. The lowest BCUT2D eigenvalue weighted by molar-refractivity contribution is 0.0911. The zero-order valence-electron chi connectivity index (χ0n) is 15.0. The van der Waals surface area contributed by atoms with Gasteiger partial charge in [-0.15, -0.1) is 0 Å². The van der Waals surface area contributed by atoms with Crippen molar-refractivity contribution in [2.75, 3.05) is 0 Å². The molecule has 0 saturated carbocycles. The van der Waals surface area contributed by atoms with Crippen LogP contribution in [-0.2, 0) is 6.42 Å². The molecular weight excluding hydrogens is 412 g/mol. The van der Waals surface area contributed by atoms with Crippen molar-refractivity contribution in [3.8, 4) is 16.9 Å². The molecule has 2 nitrogen and oxygen atoms in total. The van der Waals surface area contributed by atoms with E-state index in [1.807, 2.05) is 48.7 Å². The highest BCUT2D eigenvalue weighted by Gasteiger charge is 2.35. The summed E-state index contributed by atoms with van der Waals surface area (Å²) in [5, 5.41) is 0. The first-order valence-electron chi connectivity index (χ1n) is 8.74. The van der Waals surface area contributed by atoms with Crippen molar-refractivity contribution >= 4 is 21.7 Å². The molecule has 5 heteroatoms. The molecule has 0 amide bonds. The third-order valence-corrected chi connectivity index (χ3v) is 5.41. The summed E-state index contributed by atoms with van der Waals surface area (Å²) in [4.78, 5) is 12.8. The van der Waals surface area contributed by atoms with Crippen molar-refractivity contribution in [2.45, 2.75) is 26.7 Å². The standard InChI is InChI=1S/C22H18BrF2NO/c1-22(2)11-20-18(21(27)12-22)10-19(13-4-3-5-14(23)6-13)26(20)17-8-15(24)7-16(25)9-17/h3-10H,11-12H2,1-2H3. The van der Waals surface area contributed by atoms with Crippen LogP contribution in [0.25, 0.3) is 16.9 Å². The molecule has 0 aliphatic heterocycles. The highest BCUT2D eigenvalue weighted by Crippen LogP contribution is 2.40. The van der Waals surface area contributed by atoms with Crippen molar-refractivity contribution in [1.29, 1.82) is 0 Å². The van der Waals surface area contributed by atoms with Gasteiger partial charge in [0, 0.05) is 28.2 Å². The molecule has 0 unspecified atom stereocenters. The van der Waals surface area contributed by atoms with Crippen LogP contribution in [0.2, 0.25) is 0 Å². The Labute approximate surface area is 165 Å². The number of halogens is 3. The average Bonchev–Trinajstić information content (AvgIpc) is 2.92. The second-order valence-electron chi connectivity index (χ2n) is 7.80. The van der Waals surface area contributed by atoms with Crippen LogP contribution in [0.15, 0.2) is 53.0 Å². The monoisotopic (exact) mass is 429 g/mol. The van der Waals surface area contributed by atoms with Gasteiger partial charge in [-0.2, -0.15) is 0 Å². The Hall–Kier alpha value is -2.27. The maximum absolute atomic E-state index is 14.0. The van der Waals surface area contributed by atoms with E-state index in [1.165, 1.54) is 12.1 Å². The van der Waals surface area contributed by atoms with Crippen molar-refractivity contribution in [3.05, 3.63) is 75.9 Å². The number of carbonyl (C=O) groups excluding carboxylic acids is 1. The van der Waals surface area contributed by atoms with E-state index in [0.717, 1.165) is 27.5 Å². The average molecular weight is 430 g/mol. The summed E-state index contributed by atoms with van der Waals surface area (Å²) in [6, 6.07) is 13.0. The van der Waals surface area contributed by atoms with Gasteiger partial charge >= 0.3 is 0 Å². The van der Waals surface area contributed by atoms with Gasteiger partial charge in [-0.25, -0.2) is 8.78 Å². The molecular formula is C22H18BrF2NO. The van der Waals surface area contributed by atoms with Crippen molar-refractivity contribution in [2.24, 2.45) is 5.41 Å². The van der Waals surface area contributed by atoms with Gasteiger partial charge in [-0.3, -0.25) is 4.79 Å². The van der Waals surface area contributed by atoms with Gasteiger partial charge in [0.05, 0.1) is 11.4 Å². The molecule has 2 aromatic carbocycles. The van der Waals surface area contributed by atoms with E-state index in [4.69, 9.17) is 0 Å². The number of ketones is 1. The number of nitrogens with zero attached hydrogens (tertiary/aromatic N) is 1. The number of rotatable bonds is 2. The largest absolute Gasteiger partial charge is 0.313 e. The molecule has 0 bridgehead atoms. The number of fused-ring (bicyclic) bond motifs is 1. The predicted octanol–water partition coefficient (Wildman–Crippen LogP) is 6.34. The summed E-state index contributed by atoms with van der Waals surface area (Å²) in [5.41, 5.74) is 3.23. The fourth-order valence-electron chi connectivity index (χ4n) is 3.84. The van der Waals surface area contributed by atoms with Crippen molar-refractivity contribution < 1.29 is 13.6 Å². The normalized spacial score (nSPS) is 15.7. The fraction of sp³-hybridized carbons (Fsp3) is 0.227. The van der Waals surface area contributed by atoms with Crippen molar-refractivity contribution in [1.82, 2.24) is 4.57 Å². The summed E-state index contributed by atoms with van der Waals surface area (Å²) in [6.07, 6.45) is 1.11. The highest BCUT2D eigenvalue weighted by atomic mass is 79.9. The van der Waals surface area contributed by atoms with Crippen LogP contribution in [0.5, 0.6) is 0 Å². The van der Waals surface area contributed by atoms with Gasteiger partial charge in [0.15, 0.2) is 5.78 Å². The van der Waals surface area contributed by atoms with E-state index in [-0.39, 0.29) is 11.2 Å². The minimum Gasteiger partial charge on any atom is -0.313 e. The third-order valence-electron chi connectivity index (χ3n) is 4.91. The van der Waals surface area contributed by atoms with E-state index in [0.29, 0.717) is 24.1 Å². The van der Waals surface area contributed by atoms with Gasteiger partial charge in [0.2, 0.25) is 0 Å². The van der Waals surface area contributed by atoms with Crippen LogP contribution < -0.4 is 0 Å². The van der Waals surface area contributed by atoms with Gasteiger partial charge in [-0.05, 0) is 47.7 Å². The SMILES string of the molecule is CC1(C)CC(=O)c2cc(-c3cccc(Br)c3)n(-c3cc(F)cc(F)c3)c2C1. The number of Topliss-reactive ketones (excluding diaryl/α,β-unsaturated/α-hetero) is 1. The number of carbonyl (C=O) groups is 1. The Balaban J connectivity index is 2.04. The van der Waals surface area contributed by atoms with Crippen LogP contribution in [0, 0.1) is 17.0 Å². The smallest absolute Gasteiger partial charge is 0.165 e. The molecule has 0 fully saturated rings. The molecule has 27 heavy (non-hydrogen) atoms. The summed E-state index contributed by atoms with van der Waals surface area (Å²) >= 11 is 3.47. The molecule has 0 atom stereocenters. The van der Waals surface area contributed by atoms with E-state index in [9.17, 15) is 13.6 Å². The van der Waals surface area contributed by atoms with E-state index in [1.54, 1.807) is 0 Å². The number of hydrogen-bond donors (Lipinski definition) is 0. The lowest BCUT2D eigenvalue weighted by Gasteiger charge is -2.30. The highest BCUT2D eigenvalue weighted by molar-refractivity contribution is 9.10. The summed E-state index contributed by atoms with van der Waals surface area (Å²) in [6.45, 7) is 4.08. The number of aromatic nitrogens is 1. The van der Waals surface area contributed by atoms with Gasteiger partial charge in [0.25, 0.3) is 0 Å². The van der Waals surface area contributed by atoms with Gasteiger partial charge in [-0.1, -0.05) is 41.9 Å². The second-order valence-corrected chi connectivity index (χ2v) is 8.72. The second kappa shape index (κ2) is 6.41. The predicted molar refractivity (Wildman–Crippen MR) is 105 cm³/mol. The summed E-state index contributed by atoms with van der Waals surface area (Å²) < 4.78 is 30.6. The van der Waals surface area contributed by atoms with E-state index in [2.05, 4.69) is 15.9 Å². The number of benzene rings is 2. The summed E-state index contributed by atoms with van der Waals surface area (Å²) in [7, 11) is 0. The number of hydrogen-bond acceptors (Lipinski definition) is 1. The van der Waals surface area contributed by atoms with Crippen LogP contribution in [0.4, 0.5) is 8.78 Å². The van der Waals surface area contributed by atoms with Crippen LogP contribution in [0.1, 0.15) is 36.3 Å². The zero-order valence-corrected chi connectivity index (χ0v) is 16.6. The van der Waals surface area contributed by atoms with Crippen LogP contribution >= 0.6 is 15.9 Å². The fourth-order valence-corrected chi connectivity index (χ4v) is 4.23. The Bertz CT molecular complexity index is 1050. The molecule has 1 aliphatic carbocycles. The van der Waals surface area contributed by atoms with E-state index < -0.39 is 11.6 Å². The molecule has 1 aliphatic rings. The Morgan fingerprint density at radius 3 is 2.37 bits per heavy atom. The van der Waals surface area contributed by atoms with E-state index >= 15 is 0 Å². The summed E-state index contributed by atoms with van der Waals surface area (Å²) in [5.74, 6) is -1.23. The minimum absolute atomic E-state index is 0.0631. The molecule has 3 aromatic rings. The first kappa shape index (κ1) is 18.1. The molecule has 0 saturated heterocycles. The third kappa shape index (κ3) is 3.36. The molecule has 1 heterocycles. The van der Waals surface area contributed by atoms with Crippen molar-refractivity contribution in [3.63, 3.8) is 0 Å². The van der Waals surface area contributed by atoms with Crippen LogP contribution in [0.3, 0.4) is 0 Å². The maximum atomic E-state index is 14.0. The molecule has 0 N–H and O–H groups in total. The lowest BCUT2D eigenvalue weighted by Crippen LogP contribution is -2.27. The van der Waals surface area contributed by atoms with Gasteiger partial charge in [0.1, 0.15) is 11.6 Å². The first-order chi connectivity index (χ1) is 12.7. The molecule has 138 valence electrons. The topological polar surface area (TPSA) is 22.0 Å².